The van der Waals surface area contributed by atoms with E-state index in [1.807, 2.05) is 6.07 Å². The summed E-state index contributed by atoms with van der Waals surface area (Å²) in [5.41, 5.74) is 11.3. The molecular formula is C22H30N2. The number of nitrogens with two attached hydrogens (primary N) is 1. The van der Waals surface area contributed by atoms with Crippen molar-refractivity contribution < 1.29 is 0 Å². The third-order valence-corrected chi connectivity index (χ3v) is 5.21. The Morgan fingerprint density at radius 2 is 1.88 bits per heavy atom. The van der Waals surface area contributed by atoms with Crippen LogP contribution >= 0.6 is 0 Å². The molecule has 3 rings (SSSR count). The van der Waals surface area contributed by atoms with Crippen molar-refractivity contribution in [3.63, 3.8) is 0 Å². The third-order valence-electron chi connectivity index (χ3n) is 5.21. The van der Waals surface area contributed by atoms with E-state index in [4.69, 9.17) is 5.73 Å². The van der Waals surface area contributed by atoms with Crippen molar-refractivity contribution in [2.75, 3.05) is 18.8 Å². The first kappa shape index (κ1) is 17.0. The van der Waals surface area contributed by atoms with Crippen LogP contribution in [0, 0.1) is 0 Å². The minimum absolute atomic E-state index is 0.676. The normalized spacial score (nSPS) is 17.0. The van der Waals surface area contributed by atoms with Gasteiger partial charge in [-0.3, -0.25) is 0 Å². The van der Waals surface area contributed by atoms with E-state index in [-0.39, 0.29) is 0 Å². The number of rotatable bonds is 7. The summed E-state index contributed by atoms with van der Waals surface area (Å²) in [5, 5.41) is 0. The van der Waals surface area contributed by atoms with Gasteiger partial charge in [-0.15, -0.1) is 0 Å². The summed E-state index contributed by atoms with van der Waals surface area (Å²) in [6.45, 7) is 4.70. The molecule has 0 saturated heterocycles. The van der Waals surface area contributed by atoms with Crippen LogP contribution in [0.2, 0.25) is 0 Å². The molecule has 2 aromatic carbocycles. The van der Waals surface area contributed by atoms with Gasteiger partial charge in [0.15, 0.2) is 0 Å². The third kappa shape index (κ3) is 4.39. The summed E-state index contributed by atoms with van der Waals surface area (Å²) in [7, 11) is 0. The first-order valence-electron chi connectivity index (χ1n) is 9.41. The minimum atomic E-state index is 0.676. The van der Waals surface area contributed by atoms with E-state index < -0.39 is 0 Å². The van der Waals surface area contributed by atoms with Gasteiger partial charge < -0.3 is 10.6 Å². The molecule has 128 valence electrons. The van der Waals surface area contributed by atoms with Gasteiger partial charge >= 0.3 is 0 Å². The molecule has 0 aromatic heterocycles. The molecule has 2 aromatic rings. The maximum absolute atomic E-state index is 5.99. The summed E-state index contributed by atoms with van der Waals surface area (Å²) < 4.78 is 0. The van der Waals surface area contributed by atoms with Crippen LogP contribution in [0.25, 0.3) is 0 Å². The average Bonchev–Trinajstić information content (AvgIpc) is 2.61. The number of fused-ring (bicyclic) bond motifs is 1. The Balaban J connectivity index is 1.59. The number of hydrogen-bond acceptors (Lipinski definition) is 2. The number of nitrogens with zero attached hydrogens (tertiary/aromatic N) is 1. The zero-order valence-electron chi connectivity index (χ0n) is 14.9. The molecule has 0 spiro atoms. The highest BCUT2D eigenvalue weighted by Crippen LogP contribution is 2.26. The van der Waals surface area contributed by atoms with Gasteiger partial charge in [0.2, 0.25) is 0 Å². The van der Waals surface area contributed by atoms with Gasteiger partial charge in [-0.25, -0.2) is 0 Å². The van der Waals surface area contributed by atoms with Gasteiger partial charge in [-0.1, -0.05) is 43.3 Å². The fourth-order valence-electron chi connectivity index (χ4n) is 3.96. The monoisotopic (exact) mass is 322 g/mol. The first-order chi connectivity index (χ1) is 11.8. The SMILES string of the molecule is CCCN(CCCc1ccccc1)C1CCc2ccc(N)cc2C1. The lowest BCUT2D eigenvalue weighted by Gasteiger charge is -2.35. The van der Waals surface area contributed by atoms with E-state index in [2.05, 4.69) is 54.3 Å². The van der Waals surface area contributed by atoms with Crippen LogP contribution in [0.4, 0.5) is 5.69 Å². The molecule has 2 heteroatoms. The van der Waals surface area contributed by atoms with Crippen molar-refractivity contribution in [1.29, 1.82) is 0 Å². The Kier molecular flexibility index (Phi) is 5.92. The van der Waals surface area contributed by atoms with Crippen molar-refractivity contribution in [2.24, 2.45) is 0 Å². The van der Waals surface area contributed by atoms with Gasteiger partial charge in [0, 0.05) is 11.7 Å². The maximum atomic E-state index is 5.99. The fraction of sp³-hybridized carbons (Fsp3) is 0.455. The lowest BCUT2D eigenvalue weighted by Crippen LogP contribution is -2.40. The molecule has 1 aliphatic rings. The van der Waals surface area contributed by atoms with E-state index in [0.29, 0.717) is 6.04 Å². The number of anilines is 1. The number of nitrogen functional groups attached to an aromatic ring is 1. The molecule has 0 saturated carbocycles. The van der Waals surface area contributed by atoms with Crippen LogP contribution in [0.5, 0.6) is 0 Å². The van der Waals surface area contributed by atoms with Crippen LogP contribution in [0.15, 0.2) is 48.5 Å². The summed E-state index contributed by atoms with van der Waals surface area (Å²) >= 11 is 0. The molecule has 24 heavy (non-hydrogen) atoms. The van der Waals surface area contributed by atoms with Crippen LogP contribution in [-0.4, -0.2) is 24.0 Å². The molecule has 0 radical (unpaired) electrons. The molecule has 1 unspecified atom stereocenters. The quantitative estimate of drug-likeness (QED) is 0.762. The average molecular weight is 322 g/mol. The number of aryl methyl sites for hydroxylation is 2. The highest BCUT2D eigenvalue weighted by atomic mass is 15.1. The van der Waals surface area contributed by atoms with E-state index >= 15 is 0 Å². The van der Waals surface area contributed by atoms with Crippen molar-refractivity contribution >= 4 is 5.69 Å². The topological polar surface area (TPSA) is 29.3 Å². The lowest BCUT2D eigenvalue weighted by molar-refractivity contribution is 0.178. The predicted octanol–water partition coefficient (Wildman–Crippen LogP) is 4.47. The zero-order valence-corrected chi connectivity index (χ0v) is 14.9. The number of benzene rings is 2. The van der Waals surface area contributed by atoms with E-state index in [0.717, 1.165) is 12.1 Å². The Morgan fingerprint density at radius 3 is 2.67 bits per heavy atom. The summed E-state index contributed by atoms with van der Waals surface area (Å²) in [5.74, 6) is 0. The standard InChI is InChI=1S/C22H30N2/c1-2-14-24(15-6-9-18-7-4-3-5-8-18)22-13-11-19-10-12-21(23)16-20(19)17-22/h3-5,7-8,10,12,16,22H,2,6,9,11,13-15,17,23H2,1H3. The van der Waals surface area contributed by atoms with Gasteiger partial charge in [-0.05, 0) is 80.4 Å². The molecule has 0 heterocycles. The second-order valence-electron chi connectivity index (χ2n) is 7.05. The molecule has 0 amide bonds. The van der Waals surface area contributed by atoms with Crippen molar-refractivity contribution in [3.05, 3.63) is 65.2 Å². The molecule has 2 N–H and O–H groups in total. The highest BCUT2D eigenvalue weighted by Gasteiger charge is 2.23. The Labute approximate surface area is 146 Å². The van der Waals surface area contributed by atoms with Crippen LogP contribution in [0.3, 0.4) is 0 Å². The van der Waals surface area contributed by atoms with Crippen LogP contribution < -0.4 is 5.73 Å². The Bertz CT molecular complexity index is 636. The first-order valence-corrected chi connectivity index (χ1v) is 9.41. The molecule has 1 aliphatic carbocycles. The van der Waals surface area contributed by atoms with Crippen LogP contribution in [0.1, 0.15) is 42.9 Å². The Morgan fingerprint density at radius 1 is 1.04 bits per heavy atom. The summed E-state index contributed by atoms with van der Waals surface area (Å²) in [6.07, 6.45) is 7.28. The van der Waals surface area contributed by atoms with E-state index in [1.165, 1.54) is 61.9 Å². The van der Waals surface area contributed by atoms with E-state index in [1.54, 1.807) is 0 Å². The molecule has 0 bridgehead atoms. The van der Waals surface area contributed by atoms with Gasteiger partial charge in [0.1, 0.15) is 0 Å². The minimum Gasteiger partial charge on any atom is -0.399 e. The van der Waals surface area contributed by atoms with E-state index in [9.17, 15) is 0 Å². The second-order valence-corrected chi connectivity index (χ2v) is 7.05. The van der Waals surface area contributed by atoms with Crippen molar-refractivity contribution in [3.8, 4) is 0 Å². The molecule has 0 aliphatic heterocycles. The Hall–Kier alpha value is -1.80. The fourth-order valence-corrected chi connectivity index (χ4v) is 3.96. The second kappa shape index (κ2) is 8.34. The molecule has 2 nitrogen and oxygen atoms in total. The van der Waals surface area contributed by atoms with Gasteiger partial charge in [0.25, 0.3) is 0 Å². The highest BCUT2D eigenvalue weighted by molar-refractivity contribution is 5.46. The largest absolute Gasteiger partial charge is 0.399 e. The summed E-state index contributed by atoms with van der Waals surface area (Å²) in [6, 6.07) is 18.0. The number of hydrogen-bond donors (Lipinski definition) is 1. The van der Waals surface area contributed by atoms with Gasteiger partial charge in [-0.2, -0.15) is 0 Å². The predicted molar refractivity (Wildman–Crippen MR) is 103 cm³/mol. The maximum Gasteiger partial charge on any atom is 0.0316 e. The summed E-state index contributed by atoms with van der Waals surface area (Å²) in [4.78, 5) is 2.72. The van der Waals surface area contributed by atoms with Crippen molar-refractivity contribution in [2.45, 2.75) is 51.5 Å². The van der Waals surface area contributed by atoms with Crippen LogP contribution in [-0.2, 0) is 19.3 Å². The molecule has 0 fully saturated rings. The van der Waals surface area contributed by atoms with Gasteiger partial charge in [0.05, 0.1) is 0 Å². The smallest absolute Gasteiger partial charge is 0.0316 e. The zero-order chi connectivity index (χ0) is 16.8. The molecular weight excluding hydrogens is 292 g/mol. The molecule has 1 atom stereocenters. The lowest BCUT2D eigenvalue weighted by atomic mass is 9.87. The van der Waals surface area contributed by atoms with Crippen molar-refractivity contribution in [1.82, 2.24) is 4.90 Å².